The molecular formula is C14H13ClN2. The Morgan fingerprint density at radius 1 is 1.41 bits per heavy atom. The van der Waals surface area contributed by atoms with Crippen LogP contribution in [0.25, 0.3) is 0 Å². The number of hydrogen-bond donors (Lipinski definition) is 1. The Hall–Kier alpha value is -1.54. The van der Waals surface area contributed by atoms with Crippen LogP contribution in [0.2, 0.25) is 5.02 Å². The van der Waals surface area contributed by atoms with Gasteiger partial charge in [0, 0.05) is 10.7 Å². The first-order valence-corrected chi connectivity index (χ1v) is 6.10. The van der Waals surface area contributed by atoms with Crippen LogP contribution < -0.4 is 5.32 Å². The summed E-state index contributed by atoms with van der Waals surface area (Å²) in [6.45, 7) is 2.05. The van der Waals surface area contributed by atoms with E-state index in [0.29, 0.717) is 6.04 Å². The fourth-order valence-electron chi connectivity index (χ4n) is 2.29. The number of allylic oxidation sites excluding steroid dienone is 2. The van der Waals surface area contributed by atoms with E-state index in [1.165, 1.54) is 5.57 Å². The Bertz CT molecular complexity index is 555. The molecule has 0 spiro atoms. The van der Waals surface area contributed by atoms with Crippen molar-refractivity contribution < 1.29 is 0 Å². The van der Waals surface area contributed by atoms with Crippen molar-refractivity contribution in [3.8, 4) is 0 Å². The van der Waals surface area contributed by atoms with Crippen LogP contribution in [0.4, 0.5) is 11.4 Å². The lowest BCUT2D eigenvalue weighted by atomic mass is 9.96. The van der Waals surface area contributed by atoms with Crippen molar-refractivity contribution in [2.45, 2.75) is 19.4 Å². The summed E-state index contributed by atoms with van der Waals surface area (Å²) in [5.41, 5.74) is 4.30. The van der Waals surface area contributed by atoms with E-state index in [9.17, 15) is 0 Å². The molecule has 0 radical (unpaired) electrons. The van der Waals surface area contributed by atoms with Gasteiger partial charge in [-0.2, -0.15) is 0 Å². The van der Waals surface area contributed by atoms with Crippen LogP contribution in [0.5, 0.6) is 0 Å². The molecule has 17 heavy (non-hydrogen) atoms. The second-order valence-corrected chi connectivity index (χ2v) is 4.78. The van der Waals surface area contributed by atoms with Gasteiger partial charge in [-0.25, -0.2) is 0 Å². The summed E-state index contributed by atoms with van der Waals surface area (Å²) in [6, 6.07) is 6.12. The van der Waals surface area contributed by atoms with E-state index < -0.39 is 0 Å². The maximum atomic E-state index is 6.01. The molecule has 1 atom stereocenters. The lowest BCUT2D eigenvalue weighted by Crippen LogP contribution is -2.25. The standard InChI is InChI=1S/C14H13ClN2/c1-9-11-4-2-3-5-12(11)17-13-7-6-10(15)8-14(13)16-9/h2-4,6-8,12,17H,5H2,1H3. The largest absolute Gasteiger partial charge is 0.376 e. The summed E-state index contributed by atoms with van der Waals surface area (Å²) >= 11 is 6.01. The fraction of sp³-hybridized carbons (Fsp3) is 0.214. The number of aliphatic imine (C=N–C) groups is 1. The van der Waals surface area contributed by atoms with Gasteiger partial charge in [0.15, 0.2) is 0 Å². The number of anilines is 1. The van der Waals surface area contributed by atoms with Crippen LogP contribution in [0, 0.1) is 0 Å². The van der Waals surface area contributed by atoms with Crippen molar-refractivity contribution in [1.82, 2.24) is 0 Å². The average Bonchev–Trinajstić information content (AvgIpc) is 2.46. The molecule has 0 saturated carbocycles. The van der Waals surface area contributed by atoms with Crippen molar-refractivity contribution in [2.24, 2.45) is 4.99 Å². The van der Waals surface area contributed by atoms with Crippen LogP contribution in [0.15, 0.2) is 47.0 Å². The Balaban J connectivity index is 2.13. The van der Waals surface area contributed by atoms with Crippen molar-refractivity contribution in [3.05, 3.63) is 47.0 Å². The lowest BCUT2D eigenvalue weighted by Gasteiger charge is -2.21. The molecule has 0 fully saturated rings. The zero-order valence-corrected chi connectivity index (χ0v) is 10.3. The predicted molar refractivity (Wildman–Crippen MR) is 73.5 cm³/mol. The first-order valence-electron chi connectivity index (χ1n) is 5.72. The third-order valence-electron chi connectivity index (χ3n) is 3.15. The minimum Gasteiger partial charge on any atom is -0.376 e. The molecule has 0 bridgehead atoms. The van der Waals surface area contributed by atoms with Gasteiger partial charge >= 0.3 is 0 Å². The number of nitrogens with zero attached hydrogens (tertiary/aromatic N) is 1. The molecule has 0 saturated heterocycles. The van der Waals surface area contributed by atoms with Gasteiger partial charge in [0.25, 0.3) is 0 Å². The molecule has 2 aliphatic rings. The van der Waals surface area contributed by atoms with Gasteiger partial charge in [-0.05, 0) is 37.1 Å². The minimum absolute atomic E-state index is 0.325. The van der Waals surface area contributed by atoms with Crippen molar-refractivity contribution in [1.29, 1.82) is 0 Å². The molecule has 1 aliphatic carbocycles. The van der Waals surface area contributed by atoms with Crippen molar-refractivity contribution >= 4 is 28.7 Å². The van der Waals surface area contributed by atoms with Gasteiger partial charge in [-0.3, -0.25) is 4.99 Å². The SMILES string of the molecule is CC1=Nc2cc(Cl)ccc2NC2CC=CC=C12. The highest BCUT2D eigenvalue weighted by atomic mass is 35.5. The zero-order chi connectivity index (χ0) is 11.8. The molecule has 0 amide bonds. The average molecular weight is 245 g/mol. The normalized spacial score (nSPS) is 21.6. The smallest absolute Gasteiger partial charge is 0.0879 e. The first-order chi connectivity index (χ1) is 8.24. The molecule has 3 rings (SSSR count). The van der Waals surface area contributed by atoms with Crippen LogP contribution in [-0.2, 0) is 0 Å². The van der Waals surface area contributed by atoms with E-state index >= 15 is 0 Å². The Labute approximate surface area is 106 Å². The summed E-state index contributed by atoms with van der Waals surface area (Å²) in [5, 5.41) is 4.25. The predicted octanol–water partition coefficient (Wildman–Crippen LogP) is 4.11. The van der Waals surface area contributed by atoms with Crippen LogP contribution in [0.3, 0.4) is 0 Å². The zero-order valence-electron chi connectivity index (χ0n) is 9.57. The highest BCUT2D eigenvalue weighted by Gasteiger charge is 2.21. The maximum Gasteiger partial charge on any atom is 0.0879 e. The van der Waals surface area contributed by atoms with Gasteiger partial charge in [-0.15, -0.1) is 0 Å². The summed E-state index contributed by atoms with van der Waals surface area (Å²) in [5.74, 6) is 0. The minimum atomic E-state index is 0.325. The molecule has 1 aromatic carbocycles. The lowest BCUT2D eigenvalue weighted by molar-refractivity contribution is 0.861. The van der Waals surface area contributed by atoms with Crippen molar-refractivity contribution in [2.75, 3.05) is 5.32 Å². The van der Waals surface area contributed by atoms with Gasteiger partial charge in [0.05, 0.1) is 17.4 Å². The summed E-state index contributed by atoms with van der Waals surface area (Å²) in [4.78, 5) is 4.65. The van der Waals surface area contributed by atoms with Gasteiger partial charge in [-0.1, -0.05) is 29.8 Å². The highest BCUT2D eigenvalue weighted by molar-refractivity contribution is 6.31. The molecular weight excluding hydrogens is 232 g/mol. The Kier molecular flexibility index (Phi) is 2.52. The topological polar surface area (TPSA) is 24.4 Å². The molecule has 1 aliphatic heterocycles. The molecule has 1 N–H and O–H groups in total. The molecule has 0 aromatic heterocycles. The highest BCUT2D eigenvalue weighted by Crippen LogP contribution is 2.34. The Morgan fingerprint density at radius 3 is 3.18 bits per heavy atom. The number of nitrogens with one attached hydrogen (secondary N) is 1. The first kappa shape index (κ1) is 10.6. The Morgan fingerprint density at radius 2 is 2.29 bits per heavy atom. The van der Waals surface area contributed by atoms with Crippen molar-refractivity contribution in [3.63, 3.8) is 0 Å². The number of halogens is 1. The quantitative estimate of drug-likeness (QED) is 0.730. The van der Waals surface area contributed by atoms with E-state index in [4.69, 9.17) is 11.6 Å². The van der Waals surface area contributed by atoms with E-state index in [-0.39, 0.29) is 0 Å². The second-order valence-electron chi connectivity index (χ2n) is 4.34. The van der Waals surface area contributed by atoms with Crippen LogP contribution in [-0.4, -0.2) is 11.8 Å². The summed E-state index contributed by atoms with van der Waals surface area (Å²) in [6.07, 6.45) is 7.40. The van der Waals surface area contributed by atoms with E-state index in [1.54, 1.807) is 0 Å². The summed E-state index contributed by atoms with van der Waals surface area (Å²) in [7, 11) is 0. The molecule has 2 nitrogen and oxygen atoms in total. The van der Waals surface area contributed by atoms with Gasteiger partial charge < -0.3 is 5.32 Å². The van der Waals surface area contributed by atoms with E-state index in [2.05, 4.69) is 35.5 Å². The summed E-state index contributed by atoms with van der Waals surface area (Å²) < 4.78 is 0. The third-order valence-corrected chi connectivity index (χ3v) is 3.39. The number of hydrogen-bond acceptors (Lipinski definition) is 2. The van der Waals surface area contributed by atoms with Gasteiger partial charge in [0.1, 0.15) is 0 Å². The third kappa shape index (κ3) is 1.89. The molecule has 1 aromatic rings. The number of benzene rings is 1. The fourth-order valence-corrected chi connectivity index (χ4v) is 2.46. The van der Waals surface area contributed by atoms with E-state index in [0.717, 1.165) is 28.5 Å². The van der Waals surface area contributed by atoms with Gasteiger partial charge in [0.2, 0.25) is 0 Å². The molecule has 1 heterocycles. The molecule has 1 unspecified atom stereocenters. The molecule has 86 valence electrons. The monoisotopic (exact) mass is 244 g/mol. The number of fused-ring (bicyclic) bond motifs is 2. The van der Waals surface area contributed by atoms with Crippen LogP contribution in [0.1, 0.15) is 13.3 Å². The second kappa shape index (κ2) is 4.04. The maximum absolute atomic E-state index is 6.01. The number of rotatable bonds is 0. The molecule has 3 heteroatoms. The van der Waals surface area contributed by atoms with E-state index in [1.807, 2.05) is 18.2 Å². The van der Waals surface area contributed by atoms with Crippen LogP contribution >= 0.6 is 11.6 Å².